The van der Waals surface area contributed by atoms with Crippen molar-refractivity contribution in [3.63, 3.8) is 0 Å². The molecule has 1 heterocycles. The molecule has 0 atom stereocenters. The Morgan fingerprint density at radius 2 is 1.92 bits per heavy atom. The molecule has 0 saturated carbocycles. The molecule has 0 aliphatic carbocycles. The predicted octanol–water partition coefficient (Wildman–Crippen LogP) is 7.72. The molecule has 3 aromatic rings. The Labute approximate surface area is 230 Å². The number of hydrazone groups is 1. The highest BCUT2D eigenvalue weighted by Gasteiger charge is 2.14. The molecule has 1 aromatic heterocycles. The Hall–Kier alpha value is -2.90. The lowest BCUT2D eigenvalue weighted by molar-refractivity contribution is 0.215. The number of rotatable bonds is 11. The first-order valence-corrected chi connectivity index (χ1v) is 15.0. The molecule has 188 valence electrons. The third-order valence-corrected chi connectivity index (χ3v) is 7.66. The Balaban J connectivity index is 1.82. The van der Waals surface area contributed by atoms with Crippen LogP contribution in [0.1, 0.15) is 54.5 Å². The van der Waals surface area contributed by atoms with Gasteiger partial charge in [-0.25, -0.2) is 0 Å². The van der Waals surface area contributed by atoms with Gasteiger partial charge in [0, 0.05) is 41.9 Å². The second-order valence-electron chi connectivity index (χ2n) is 8.89. The summed E-state index contributed by atoms with van der Waals surface area (Å²) in [5, 5.41) is 17.9. The van der Waals surface area contributed by atoms with E-state index in [0.717, 1.165) is 23.2 Å². The summed E-state index contributed by atoms with van der Waals surface area (Å²) in [6, 6.07) is 12.9. The summed E-state index contributed by atoms with van der Waals surface area (Å²) in [5.41, 5.74) is 11.8. The SMILES string of the molecule is C=C(NC(=C)/C(C#N)=N\Nc1cc(C)c(Cc2ccc3c(c2)c(C(C)C)cn3SI)c(C)c1)OCC. The first kappa shape index (κ1) is 27.7. The van der Waals surface area contributed by atoms with Crippen molar-refractivity contribution >= 4 is 52.6 Å². The molecular formula is C28H32IN5OS. The lowest BCUT2D eigenvalue weighted by Gasteiger charge is -2.14. The van der Waals surface area contributed by atoms with Gasteiger partial charge in [0.05, 0.1) is 23.5 Å². The molecule has 0 aliphatic rings. The molecule has 0 radical (unpaired) electrons. The van der Waals surface area contributed by atoms with E-state index in [-0.39, 0.29) is 5.71 Å². The number of nitriles is 1. The van der Waals surface area contributed by atoms with E-state index in [1.165, 1.54) is 27.6 Å². The van der Waals surface area contributed by atoms with Crippen LogP contribution in [0.2, 0.25) is 0 Å². The average Bonchev–Trinajstić information content (AvgIpc) is 3.20. The quantitative estimate of drug-likeness (QED) is 0.100. The van der Waals surface area contributed by atoms with Crippen molar-refractivity contribution in [2.45, 2.75) is 47.0 Å². The second kappa shape index (κ2) is 12.4. The summed E-state index contributed by atoms with van der Waals surface area (Å²) in [4.78, 5) is 0. The number of nitrogens with zero attached hydrogens (tertiary/aromatic N) is 3. The van der Waals surface area contributed by atoms with Crippen molar-refractivity contribution in [1.82, 2.24) is 9.29 Å². The van der Waals surface area contributed by atoms with Gasteiger partial charge in [0.1, 0.15) is 6.07 Å². The molecule has 0 unspecified atom stereocenters. The highest BCUT2D eigenvalue weighted by molar-refractivity contribution is 14.2. The standard InChI is InChI=1S/C28H32IN5OS/c1-8-35-21(7)31-20(6)27(15-30)33-32-23-11-18(4)24(19(5)12-23)13-22-9-10-28-25(14-22)26(17(2)3)16-34(28)36-29/h9-12,14,16-17,31-32H,6-8,13H2,1-5H3/b33-27-. The van der Waals surface area contributed by atoms with Gasteiger partial charge in [-0.1, -0.05) is 26.5 Å². The van der Waals surface area contributed by atoms with Crippen LogP contribution in [-0.2, 0) is 11.2 Å². The van der Waals surface area contributed by atoms with Gasteiger partial charge in [0.2, 0.25) is 0 Å². The van der Waals surface area contributed by atoms with Crippen molar-refractivity contribution in [1.29, 1.82) is 5.26 Å². The first-order chi connectivity index (χ1) is 17.2. The molecule has 36 heavy (non-hydrogen) atoms. The number of aryl methyl sites for hydroxylation is 2. The first-order valence-electron chi connectivity index (χ1n) is 11.7. The number of ether oxygens (including phenoxy) is 1. The smallest absolute Gasteiger partial charge is 0.183 e. The third-order valence-electron chi connectivity index (χ3n) is 5.94. The highest BCUT2D eigenvalue weighted by atomic mass is 127. The number of anilines is 1. The molecule has 0 amide bonds. The Bertz CT molecular complexity index is 1340. The zero-order valence-corrected chi connectivity index (χ0v) is 24.4. The van der Waals surface area contributed by atoms with Gasteiger partial charge in [0.25, 0.3) is 0 Å². The van der Waals surface area contributed by atoms with Crippen molar-refractivity contribution in [2.24, 2.45) is 5.10 Å². The lowest BCUT2D eigenvalue weighted by atomic mass is 9.94. The van der Waals surface area contributed by atoms with Crippen LogP contribution in [0, 0.1) is 25.2 Å². The number of fused-ring (bicyclic) bond motifs is 1. The van der Waals surface area contributed by atoms with E-state index in [4.69, 9.17) is 4.74 Å². The Morgan fingerprint density at radius 3 is 2.50 bits per heavy atom. The van der Waals surface area contributed by atoms with Crippen molar-refractivity contribution in [3.05, 3.63) is 89.1 Å². The van der Waals surface area contributed by atoms with Gasteiger partial charge in [-0.2, -0.15) is 10.4 Å². The number of nitrogens with one attached hydrogen (secondary N) is 2. The van der Waals surface area contributed by atoms with Crippen LogP contribution in [0.15, 0.2) is 66.4 Å². The van der Waals surface area contributed by atoms with E-state index in [2.05, 4.69) is 124 Å². The summed E-state index contributed by atoms with van der Waals surface area (Å²) in [7, 11) is 1.70. The van der Waals surface area contributed by atoms with Crippen LogP contribution in [0.3, 0.4) is 0 Å². The van der Waals surface area contributed by atoms with Crippen molar-refractivity contribution in [3.8, 4) is 6.07 Å². The number of hydrogen-bond donors (Lipinski definition) is 2. The lowest BCUT2D eigenvalue weighted by Crippen LogP contribution is -2.20. The minimum absolute atomic E-state index is 0.126. The second-order valence-corrected chi connectivity index (χ2v) is 10.6. The third kappa shape index (κ3) is 6.45. The van der Waals surface area contributed by atoms with Gasteiger partial charge in [0.15, 0.2) is 11.6 Å². The summed E-state index contributed by atoms with van der Waals surface area (Å²) >= 11 is 2.33. The Morgan fingerprint density at radius 1 is 1.22 bits per heavy atom. The van der Waals surface area contributed by atoms with E-state index >= 15 is 0 Å². The molecule has 0 bridgehead atoms. The van der Waals surface area contributed by atoms with Gasteiger partial charge >= 0.3 is 0 Å². The van der Waals surface area contributed by atoms with Crippen LogP contribution in [0.5, 0.6) is 0 Å². The fourth-order valence-corrected chi connectivity index (χ4v) is 5.52. The predicted molar refractivity (Wildman–Crippen MR) is 161 cm³/mol. The maximum Gasteiger partial charge on any atom is 0.183 e. The monoisotopic (exact) mass is 613 g/mol. The largest absolute Gasteiger partial charge is 0.480 e. The molecule has 0 saturated heterocycles. The molecule has 8 heteroatoms. The van der Waals surface area contributed by atoms with Crippen LogP contribution >= 0.6 is 30.3 Å². The van der Waals surface area contributed by atoms with E-state index in [9.17, 15) is 5.26 Å². The van der Waals surface area contributed by atoms with Gasteiger partial charge in [-0.05, 0) is 91.8 Å². The van der Waals surface area contributed by atoms with Crippen LogP contribution in [0.25, 0.3) is 10.9 Å². The molecule has 0 aliphatic heterocycles. The highest BCUT2D eigenvalue weighted by Crippen LogP contribution is 2.34. The minimum atomic E-state index is 0.126. The zero-order chi connectivity index (χ0) is 26.4. The van der Waals surface area contributed by atoms with E-state index in [0.29, 0.717) is 24.1 Å². The molecule has 6 nitrogen and oxygen atoms in total. The normalized spacial score (nSPS) is 11.4. The maximum absolute atomic E-state index is 9.49. The van der Waals surface area contributed by atoms with E-state index in [1.807, 2.05) is 6.92 Å². The molecule has 2 aromatic carbocycles. The van der Waals surface area contributed by atoms with Gasteiger partial charge in [-0.3, -0.25) is 9.40 Å². The molecular weight excluding hydrogens is 581 g/mol. The number of hydrogen-bond acceptors (Lipinski definition) is 6. The van der Waals surface area contributed by atoms with Crippen molar-refractivity contribution in [2.75, 3.05) is 12.0 Å². The summed E-state index contributed by atoms with van der Waals surface area (Å²) in [5.74, 6) is 0.786. The zero-order valence-electron chi connectivity index (χ0n) is 21.4. The summed E-state index contributed by atoms with van der Waals surface area (Å²) < 4.78 is 7.49. The average molecular weight is 614 g/mol. The van der Waals surface area contributed by atoms with Gasteiger partial charge in [-0.15, -0.1) is 0 Å². The summed E-state index contributed by atoms with van der Waals surface area (Å²) in [6.07, 6.45) is 3.10. The van der Waals surface area contributed by atoms with Crippen LogP contribution in [0.4, 0.5) is 5.69 Å². The fraction of sp³-hybridized carbons (Fsp3) is 0.286. The summed E-state index contributed by atoms with van der Waals surface area (Å²) in [6.45, 7) is 18.6. The van der Waals surface area contributed by atoms with Crippen molar-refractivity contribution < 1.29 is 4.74 Å². The number of allylic oxidation sites excluding steroid dienone is 1. The topological polar surface area (TPSA) is 74.4 Å². The fourth-order valence-electron chi connectivity index (χ4n) is 4.16. The number of aromatic nitrogens is 1. The van der Waals surface area contributed by atoms with Crippen LogP contribution < -0.4 is 10.7 Å². The maximum atomic E-state index is 9.49. The van der Waals surface area contributed by atoms with E-state index < -0.39 is 0 Å². The Kier molecular flexibility index (Phi) is 9.51. The van der Waals surface area contributed by atoms with E-state index in [1.54, 1.807) is 9.12 Å². The molecule has 2 N–H and O–H groups in total. The minimum Gasteiger partial charge on any atom is -0.480 e. The van der Waals surface area contributed by atoms with Crippen LogP contribution in [-0.4, -0.2) is 16.3 Å². The number of halogens is 1. The molecule has 0 spiro atoms. The van der Waals surface area contributed by atoms with Gasteiger partial charge < -0.3 is 10.1 Å². The molecule has 3 rings (SSSR count). The molecule has 0 fully saturated rings. The number of benzene rings is 2.